The fourth-order valence-electron chi connectivity index (χ4n) is 0.873. The normalized spacial score (nSPS) is 10.3. The minimum absolute atomic E-state index is 0.450. The molecule has 0 heterocycles. The third-order valence-corrected chi connectivity index (χ3v) is 1.51. The highest BCUT2D eigenvalue weighted by atomic mass is 19.2. The lowest BCUT2D eigenvalue weighted by atomic mass is 9.79. The van der Waals surface area contributed by atoms with Crippen LogP contribution in [0.25, 0.3) is 0 Å². The maximum absolute atomic E-state index is 12.6. The van der Waals surface area contributed by atoms with Gasteiger partial charge >= 0.3 is 7.12 Å². The third-order valence-electron chi connectivity index (χ3n) is 1.51. The number of aromatic hydroxyl groups is 1. The number of phenolic OH excluding ortho intramolecular Hbond substituents is 1. The SMILES string of the molecule is OOB(OO)c1cc(F)c(F)cc1O. The molecule has 0 amide bonds. The average Bonchev–Trinajstić information content (AvgIpc) is 2.15. The number of hydrogen-bond donors (Lipinski definition) is 3. The van der Waals surface area contributed by atoms with Gasteiger partial charge in [-0.3, -0.25) is 20.1 Å². The molecule has 0 aromatic heterocycles. The molecule has 0 aliphatic rings. The van der Waals surface area contributed by atoms with Crippen LogP contribution in [0.3, 0.4) is 0 Å². The van der Waals surface area contributed by atoms with Crippen molar-refractivity contribution >= 4 is 12.6 Å². The summed E-state index contributed by atoms with van der Waals surface area (Å²) in [5, 5.41) is 25.4. The summed E-state index contributed by atoms with van der Waals surface area (Å²) in [6.45, 7) is 0. The summed E-state index contributed by atoms with van der Waals surface area (Å²) in [4.78, 5) is 7.08. The summed E-state index contributed by atoms with van der Waals surface area (Å²) in [6.07, 6.45) is 0. The number of phenols is 1. The summed E-state index contributed by atoms with van der Waals surface area (Å²) in [6, 6.07) is 0.970. The van der Waals surface area contributed by atoms with E-state index in [1.807, 2.05) is 0 Å². The molecule has 1 aromatic carbocycles. The molecule has 0 saturated carbocycles. The smallest absolute Gasteiger partial charge is 0.508 e. The van der Waals surface area contributed by atoms with Gasteiger partial charge in [0.1, 0.15) is 5.75 Å². The highest BCUT2D eigenvalue weighted by molar-refractivity contribution is 6.61. The molecule has 14 heavy (non-hydrogen) atoms. The van der Waals surface area contributed by atoms with Gasteiger partial charge in [-0.15, -0.1) is 0 Å². The van der Waals surface area contributed by atoms with Gasteiger partial charge in [0.25, 0.3) is 0 Å². The van der Waals surface area contributed by atoms with Gasteiger partial charge in [-0.2, -0.15) is 0 Å². The molecular formula is C6H5BF2O5. The number of rotatable bonds is 3. The minimum Gasteiger partial charge on any atom is -0.508 e. The molecule has 0 aliphatic heterocycles. The van der Waals surface area contributed by atoms with E-state index in [2.05, 4.69) is 9.61 Å². The Morgan fingerprint density at radius 3 is 2.07 bits per heavy atom. The van der Waals surface area contributed by atoms with Gasteiger partial charge in [-0.25, -0.2) is 8.78 Å². The lowest BCUT2D eigenvalue weighted by molar-refractivity contribution is -0.221. The number of hydrogen-bond acceptors (Lipinski definition) is 5. The molecule has 0 atom stereocenters. The van der Waals surface area contributed by atoms with Gasteiger partial charge in [0.2, 0.25) is 0 Å². The number of benzene rings is 1. The Morgan fingerprint density at radius 2 is 1.57 bits per heavy atom. The maximum Gasteiger partial charge on any atom is 0.557 e. The monoisotopic (exact) mass is 206 g/mol. The molecule has 1 aromatic rings. The van der Waals surface area contributed by atoms with Gasteiger partial charge in [0, 0.05) is 11.5 Å². The Labute approximate surface area is 77.1 Å². The molecule has 0 unspecified atom stereocenters. The zero-order chi connectivity index (χ0) is 10.7. The first-order valence-electron chi connectivity index (χ1n) is 3.38. The molecular weight excluding hydrogens is 201 g/mol. The van der Waals surface area contributed by atoms with E-state index < -0.39 is 30.0 Å². The summed E-state index contributed by atoms with van der Waals surface area (Å²) in [5.41, 5.74) is -0.450. The van der Waals surface area contributed by atoms with E-state index in [0.717, 1.165) is 0 Å². The van der Waals surface area contributed by atoms with Crippen LogP contribution in [0.5, 0.6) is 5.75 Å². The summed E-state index contributed by atoms with van der Waals surface area (Å²) < 4.78 is 25.1. The molecule has 0 fully saturated rings. The second-order valence-electron chi connectivity index (χ2n) is 2.37. The lowest BCUT2D eigenvalue weighted by Gasteiger charge is -2.07. The van der Waals surface area contributed by atoms with Crippen molar-refractivity contribution in [3.05, 3.63) is 23.8 Å². The highest BCUT2D eigenvalue weighted by Gasteiger charge is 2.27. The summed E-state index contributed by atoms with van der Waals surface area (Å²) >= 11 is 0. The summed E-state index contributed by atoms with van der Waals surface area (Å²) in [5.74, 6) is -3.28. The third kappa shape index (κ3) is 1.99. The van der Waals surface area contributed by atoms with Crippen molar-refractivity contribution in [3.63, 3.8) is 0 Å². The number of halogens is 2. The minimum atomic E-state index is -1.80. The molecule has 0 spiro atoms. The molecule has 1 rings (SSSR count). The fraction of sp³-hybridized carbons (Fsp3) is 0. The molecule has 0 aliphatic carbocycles. The zero-order valence-corrected chi connectivity index (χ0v) is 6.65. The maximum atomic E-state index is 12.6. The Morgan fingerprint density at radius 1 is 1.07 bits per heavy atom. The van der Waals surface area contributed by atoms with Crippen LogP contribution in [0, 0.1) is 11.6 Å². The van der Waals surface area contributed by atoms with Crippen LogP contribution >= 0.6 is 0 Å². The molecule has 3 N–H and O–H groups in total. The second-order valence-corrected chi connectivity index (χ2v) is 2.37. The van der Waals surface area contributed by atoms with E-state index in [9.17, 15) is 8.78 Å². The molecule has 0 saturated heterocycles. The van der Waals surface area contributed by atoms with Gasteiger partial charge < -0.3 is 5.11 Å². The topological polar surface area (TPSA) is 79.2 Å². The van der Waals surface area contributed by atoms with Gasteiger partial charge in [0.15, 0.2) is 11.6 Å². The van der Waals surface area contributed by atoms with Crippen LogP contribution < -0.4 is 5.46 Å². The van der Waals surface area contributed by atoms with Gasteiger partial charge in [-0.1, -0.05) is 0 Å². The van der Waals surface area contributed by atoms with Crippen LogP contribution in [0.15, 0.2) is 12.1 Å². The fourth-order valence-corrected chi connectivity index (χ4v) is 0.873. The second kappa shape index (κ2) is 4.33. The van der Waals surface area contributed by atoms with Crippen molar-refractivity contribution in [2.45, 2.75) is 0 Å². The first-order valence-corrected chi connectivity index (χ1v) is 3.38. The van der Waals surface area contributed by atoms with Crippen LogP contribution in [0.1, 0.15) is 0 Å². The van der Waals surface area contributed by atoms with Crippen molar-refractivity contribution in [2.24, 2.45) is 0 Å². The molecule has 8 heteroatoms. The Kier molecular flexibility index (Phi) is 3.36. The van der Waals surface area contributed by atoms with E-state index in [4.69, 9.17) is 15.6 Å². The van der Waals surface area contributed by atoms with E-state index in [-0.39, 0.29) is 0 Å². The van der Waals surface area contributed by atoms with Crippen molar-refractivity contribution in [3.8, 4) is 5.75 Å². The van der Waals surface area contributed by atoms with Crippen molar-refractivity contribution < 1.29 is 34.0 Å². The Balaban J connectivity index is 3.14. The van der Waals surface area contributed by atoms with Gasteiger partial charge in [-0.05, 0) is 6.07 Å². The molecule has 76 valence electrons. The lowest BCUT2D eigenvalue weighted by Crippen LogP contribution is -2.35. The van der Waals surface area contributed by atoms with Crippen molar-refractivity contribution in [1.82, 2.24) is 0 Å². The van der Waals surface area contributed by atoms with Crippen LogP contribution in [0.2, 0.25) is 0 Å². The average molecular weight is 206 g/mol. The van der Waals surface area contributed by atoms with E-state index >= 15 is 0 Å². The van der Waals surface area contributed by atoms with Crippen LogP contribution in [-0.4, -0.2) is 22.7 Å². The van der Waals surface area contributed by atoms with E-state index in [0.29, 0.717) is 12.1 Å². The predicted octanol–water partition coefficient (Wildman–Crippen LogP) is 0.345. The van der Waals surface area contributed by atoms with Gasteiger partial charge in [0.05, 0.1) is 0 Å². The van der Waals surface area contributed by atoms with E-state index in [1.54, 1.807) is 0 Å². The Bertz CT molecular complexity index is 330. The first-order chi connectivity index (χ1) is 6.60. The molecule has 0 bridgehead atoms. The summed E-state index contributed by atoms with van der Waals surface area (Å²) in [7, 11) is -1.80. The predicted molar refractivity (Wildman–Crippen MR) is 40.8 cm³/mol. The zero-order valence-electron chi connectivity index (χ0n) is 6.65. The van der Waals surface area contributed by atoms with Crippen LogP contribution in [0.4, 0.5) is 8.78 Å². The largest absolute Gasteiger partial charge is 0.557 e. The van der Waals surface area contributed by atoms with Crippen molar-refractivity contribution in [2.75, 3.05) is 0 Å². The Hall–Kier alpha value is -1.22. The highest BCUT2D eigenvalue weighted by Crippen LogP contribution is 2.13. The standard InChI is InChI=1S/C6H5BF2O5/c8-4-1-3(7(13-11)14-12)6(10)2-5(4)9/h1-2,10-12H. The molecule has 5 nitrogen and oxygen atoms in total. The first kappa shape index (κ1) is 10.9. The van der Waals surface area contributed by atoms with E-state index in [1.165, 1.54) is 0 Å². The van der Waals surface area contributed by atoms with Crippen LogP contribution in [-0.2, 0) is 9.61 Å². The molecule has 0 radical (unpaired) electrons. The van der Waals surface area contributed by atoms with Crippen molar-refractivity contribution in [1.29, 1.82) is 0 Å². The quantitative estimate of drug-likeness (QED) is 0.377.